The average molecular weight is 359 g/mol. The number of benzene rings is 1. The number of carbonyl (C=O) groups excluding carboxylic acids is 1. The molecule has 1 aliphatic rings. The standard InChI is InChI=1S/C20H25NO5/c1-5-15-8-19(23)26-17-7-12(2)6-16(20(15)17)24-11-18(22)21-9-13(3)25-14(4)10-21/h6-8,13-14H,5,9-11H2,1-4H3/t13-,14+. The Labute approximate surface area is 152 Å². The van der Waals surface area contributed by atoms with Crippen molar-refractivity contribution >= 4 is 16.9 Å². The van der Waals surface area contributed by atoms with Crippen LogP contribution in [0, 0.1) is 6.92 Å². The van der Waals surface area contributed by atoms with Crippen LogP contribution in [-0.4, -0.2) is 42.7 Å². The van der Waals surface area contributed by atoms with E-state index < -0.39 is 0 Å². The second kappa shape index (κ2) is 7.50. The minimum absolute atomic E-state index is 0.0171. The molecule has 1 aliphatic heterocycles. The summed E-state index contributed by atoms with van der Waals surface area (Å²) in [5.74, 6) is 0.500. The van der Waals surface area contributed by atoms with Gasteiger partial charge < -0.3 is 18.8 Å². The van der Waals surface area contributed by atoms with Gasteiger partial charge in [0.1, 0.15) is 11.3 Å². The molecule has 2 heterocycles. The Morgan fingerprint density at radius 2 is 1.92 bits per heavy atom. The van der Waals surface area contributed by atoms with E-state index in [1.807, 2.05) is 39.8 Å². The van der Waals surface area contributed by atoms with Crippen molar-refractivity contribution < 1.29 is 18.7 Å². The molecule has 1 fully saturated rings. The van der Waals surface area contributed by atoms with E-state index in [1.54, 1.807) is 4.90 Å². The molecule has 0 N–H and O–H groups in total. The Morgan fingerprint density at radius 3 is 2.58 bits per heavy atom. The predicted octanol–water partition coefficient (Wildman–Crippen LogP) is 2.68. The largest absolute Gasteiger partial charge is 0.483 e. The van der Waals surface area contributed by atoms with E-state index >= 15 is 0 Å². The molecule has 2 aromatic rings. The summed E-state index contributed by atoms with van der Waals surface area (Å²) in [4.78, 5) is 26.1. The quantitative estimate of drug-likeness (QED) is 0.785. The number of morpholine rings is 1. The topological polar surface area (TPSA) is 69.0 Å². The number of aryl methyl sites for hydroxylation is 2. The normalized spacial score (nSPS) is 20.4. The number of carbonyl (C=O) groups is 1. The molecule has 1 aromatic heterocycles. The average Bonchev–Trinajstić information content (AvgIpc) is 2.57. The van der Waals surface area contributed by atoms with E-state index in [1.165, 1.54) is 6.07 Å². The fourth-order valence-corrected chi connectivity index (χ4v) is 3.48. The lowest BCUT2D eigenvalue weighted by Crippen LogP contribution is -2.49. The van der Waals surface area contributed by atoms with Crippen LogP contribution < -0.4 is 10.4 Å². The molecule has 3 rings (SSSR count). The fraction of sp³-hybridized carbons (Fsp3) is 0.500. The van der Waals surface area contributed by atoms with Crippen molar-refractivity contribution in [2.45, 2.75) is 46.3 Å². The lowest BCUT2D eigenvalue weighted by molar-refractivity contribution is -0.145. The van der Waals surface area contributed by atoms with Gasteiger partial charge in [0.25, 0.3) is 5.91 Å². The van der Waals surface area contributed by atoms with Crippen molar-refractivity contribution in [3.05, 3.63) is 39.7 Å². The fourth-order valence-electron chi connectivity index (χ4n) is 3.48. The molecule has 0 bridgehead atoms. The van der Waals surface area contributed by atoms with Gasteiger partial charge in [-0.1, -0.05) is 6.92 Å². The van der Waals surface area contributed by atoms with E-state index in [9.17, 15) is 9.59 Å². The molecule has 0 spiro atoms. The molecular weight excluding hydrogens is 334 g/mol. The Balaban J connectivity index is 1.84. The van der Waals surface area contributed by atoms with Gasteiger partial charge in [-0.3, -0.25) is 4.79 Å². The predicted molar refractivity (Wildman–Crippen MR) is 98.7 cm³/mol. The second-order valence-electron chi connectivity index (χ2n) is 6.93. The van der Waals surface area contributed by atoms with Crippen LogP contribution in [0.5, 0.6) is 5.75 Å². The molecule has 0 unspecified atom stereocenters. The summed E-state index contributed by atoms with van der Waals surface area (Å²) >= 11 is 0. The first-order valence-corrected chi connectivity index (χ1v) is 9.00. The highest BCUT2D eigenvalue weighted by atomic mass is 16.5. The summed E-state index contributed by atoms with van der Waals surface area (Å²) in [7, 11) is 0. The van der Waals surface area contributed by atoms with E-state index in [-0.39, 0.29) is 30.3 Å². The van der Waals surface area contributed by atoms with Gasteiger partial charge in [0, 0.05) is 19.2 Å². The highest BCUT2D eigenvalue weighted by molar-refractivity contribution is 5.88. The summed E-state index contributed by atoms with van der Waals surface area (Å²) in [5, 5.41) is 0.759. The third kappa shape index (κ3) is 3.90. The number of rotatable bonds is 4. The Kier molecular flexibility index (Phi) is 5.32. The van der Waals surface area contributed by atoms with E-state index in [2.05, 4.69) is 0 Å². The van der Waals surface area contributed by atoms with Crippen LogP contribution in [0.25, 0.3) is 11.0 Å². The van der Waals surface area contributed by atoms with Crippen molar-refractivity contribution in [1.29, 1.82) is 0 Å². The lowest BCUT2D eigenvalue weighted by atomic mass is 10.1. The molecule has 26 heavy (non-hydrogen) atoms. The van der Waals surface area contributed by atoms with Gasteiger partial charge in [-0.05, 0) is 50.5 Å². The van der Waals surface area contributed by atoms with Crippen molar-refractivity contribution in [3.63, 3.8) is 0 Å². The summed E-state index contributed by atoms with van der Waals surface area (Å²) < 4.78 is 16.9. The maximum Gasteiger partial charge on any atom is 0.336 e. The second-order valence-corrected chi connectivity index (χ2v) is 6.93. The van der Waals surface area contributed by atoms with Gasteiger partial charge in [-0.15, -0.1) is 0 Å². The number of amides is 1. The molecule has 2 atom stereocenters. The van der Waals surface area contributed by atoms with E-state index in [4.69, 9.17) is 13.9 Å². The molecule has 0 aliphatic carbocycles. The van der Waals surface area contributed by atoms with Crippen LogP contribution in [0.3, 0.4) is 0 Å². The zero-order valence-corrected chi connectivity index (χ0v) is 15.7. The highest BCUT2D eigenvalue weighted by Gasteiger charge is 2.26. The van der Waals surface area contributed by atoms with Gasteiger partial charge in [-0.25, -0.2) is 4.79 Å². The van der Waals surface area contributed by atoms with Crippen molar-refractivity contribution in [2.24, 2.45) is 0 Å². The van der Waals surface area contributed by atoms with Crippen LogP contribution in [-0.2, 0) is 16.0 Å². The third-order valence-electron chi connectivity index (χ3n) is 4.54. The van der Waals surface area contributed by atoms with Gasteiger partial charge >= 0.3 is 5.63 Å². The van der Waals surface area contributed by atoms with Crippen molar-refractivity contribution in [3.8, 4) is 5.75 Å². The Morgan fingerprint density at radius 1 is 1.23 bits per heavy atom. The molecule has 1 saturated heterocycles. The van der Waals surface area contributed by atoms with Crippen LogP contribution in [0.1, 0.15) is 31.9 Å². The molecule has 6 heteroatoms. The molecule has 0 radical (unpaired) electrons. The van der Waals surface area contributed by atoms with E-state index in [0.717, 1.165) is 16.5 Å². The molecule has 1 amide bonds. The first-order chi connectivity index (χ1) is 12.4. The minimum Gasteiger partial charge on any atom is -0.483 e. The van der Waals surface area contributed by atoms with Crippen LogP contribution >= 0.6 is 0 Å². The number of hydrogen-bond donors (Lipinski definition) is 0. The van der Waals surface area contributed by atoms with E-state index in [0.29, 0.717) is 30.8 Å². The Bertz CT molecular complexity index is 862. The maximum absolute atomic E-state index is 12.6. The number of hydrogen-bond acceptors (Lipinski definition) is 5. The molecule has 1 aromatic carbocycles. The Hall–Kier alpha value is -2.34. The smallest absolute Gasteiger partial charge is 0.336 e. The summed E-state index contributed by atoms with van der Waals surface area (Å²) in [6.07, 6.45) is 0.709. The number of fused-ring (bicyclic) bond motifs is 1. The summed E-state index contributed by atoms with van der Waals surface area (Å²) in [5.41, 5.74) is 1.88. The van der Waals surface area contributed by atoms with Gasteiger partial charge in [-0.2, -0.15) is 0 Å². The maximum atomic E-state index is 12.6. The van der Waals surface area contributed by atoms with Gasteiger partial charge in [0.15, 0.2) is 6.61 Å². The zero-order valence-electron chi connectivity index (χ0n) is 15.7. The summed E-state index contributed by atoms with van der Waals surface area (Å²) in [6.45, 7) is 8.87. The van der Waals surface area contributed by atoms with Crippen LogP contribution in [0.4, 0.5) is 0 Å². The highest BCUT2D eigenvalue weighted by Crippen LogP contribution is 2.30. The number of ether oxygens (including phenoxy) is 2. The lowest BCUT2D eigenvalue weighted by Gasteiger charge is -2.35. The monoisotopic (exact) mass is 359 g/mol. The van der Waals surface area contributed by atoms with Crippen LogP contribution in [0.15, 0.2) is 27.4 Å². The third-order valence-corrected chi connectivity index (χ3v) is 4.54. The first kappa shape index (κ1) is 18.5. The molecule has 140 valence electrons. The summed E-state index contributed by atoms with van der Waals surface area (Å²) in [6, 6.07) is 5.17. The molecule has 0 saturated carbocycles. The zero-order chi connectivity index (χ0) is 18.8. The minimum atomic E-state index is -0.377. The van der Waals surface area contributed by atoms with Crippen molar-refractivity contribution in [1.82, 2.24) is 4.90 Å². The molecule has 6 nitrogen and oxygen atoms in total. The van der Waals surface area contributed by atoms with Gasteiger partial charge in [0.2, 0.25) is 0 Å². The molecular formula is C20H25NO5. The van der Waals surface area contributed by atoms with Crippen LogP contribution in [0.2, 0.25) is 0 Å². The number of nitrogens with zero attached hydrogens (tertiary/aromatic N) is 1. The van der Waals surface area contributed by atoms with Crippen molar-refractivity contribution in [2.75, 3.05) is 19.7 Å². The SMILES string of the molecule is CCc1cc(=O)oc2cc(C)cc(OCC(=O)N3C[C@@H](C)O[C@@H](C)C3)c12. The first-order valence-electron chi connectivity index (χ1n) is 9.00. The van der Waals surface area contributed by atoms with Gasteiger partial charge in [0.05, 0.1) is 17.6 Å².